The van der Waals surface area contributed by atoms with E-state index in [9.17, 15) is 9.90 Å². The smallest absolute Gasteiger partial charge is 0.330 e. The van der Waals surface area contributed by atoms with E-state index in [1.165, 1.54) is 38.5 Å². The van der Waals surface area contributed by atoms with E-state index in [1.807, 2.05) is 0 Å². The molecule has 4 saturated carbocycles. The molecular formula is C18H28O2. The largest absolute Gasteiger partial charge is 0.478 e. The third kappa shape index (κ3) is 2.03. The van der Waals surface area contributed by atoms with Gasteiger partial charge in [0.25, 0.3) is 0 Å². The molecule has 1 unspecified atom stereocenters. The van der Waals surface area contributed by atoms with Gasteiger partial charge in [0.1, 0.15) is 0 Å². The number of rotatable bonds is 4. The summed E-state index contributed by atoms with van der Waals surface area (Å²) in [5.41, 5.74) is 0.976. The molecule has 0 heterocycles. The number of hydrogen-bond donors (Lipinski definition) is 1. The van der Waals surface area contributed by atoms with Gasteiger partial charge in [0.15, 0.2) is 0 Å². The topological polar surface area (TPSA) is 37.3 Å². The van der Waals surface area contributed by atoms with Crippen molar-refractivity contribution in [3.05, 3.63) is 11.6 Å². The second-order valence-electron chi connectivity index (χ2n) is 8.10. The highest BCUT2D eigenvalue weighted by Gasteiger charge is 2.57. The van der Waals surface area contributed by atoms with Crippen molar-refractivity contribution >= 4 is 5.97 Å². The second-order valence-corrected chi connectivity index (χ2v) is 8.10. The molecule has 20 heavy (non-hydrogen) atoms. The van der Waals surface area contributed by atoms with Crippen molar-refractivity contribution in [2.45, 2.75) is 65.7 Å². The third-order valence-corrected chi connectivity index (χ3v) is 6.86. The Morgan fingerprint density at radius 1 is 1.20 bits per heavy atom. The molecule has 1 N–H and O–H groups in total. The molecule has 4 aliphatic rings. The SMILES string of the molecule is CCC(C)(C=C(C)C(=O)O)C12CC3CC(CC(C3)C1)C2. The molecule has 0 amide bonds. The fraction of sp³-hybridized carbons (Fsp3) is 0.833. The van der Waals surface area contributed by atoms with E-state index in [0.717, 1.165) is 24.2 Å². The first-order chi connectivity index (χ1) is 9.37. The van der Waals surface area contributed by atoms with E-state index >= 15 is 0 Å². The quantitative estimate of drug-likeness (QED) is 0.759. The lowest BCUT2D eigenvalue weighted by Gasteiger charge is -2.62. The first-order valence-electron chi connectivity index (χ1n) is 8.30. The maximum Gasteiger partial charge on any atom is 0.330 e. The van der Waals surface area contributed by atoms with Gasteiger partial charge in [0.2, 0.25) is 0 Å². The molecule has 4 rings (SSSR count). The lowest BCUT2D eigenvalue weighted by Crippen LogP contribution is -2.53. The van der Waals surface area contributed by atoms with Crippen LogP contribution in [0.25, 0.3) is 0 Å². The number of carbonyl (C=O) groups is 1. The Kier molecular flexibility index (Phi) is 3.26. The van der Waals surface area contributed by atoms with Crippen LogP contribution in [-0.4, -0.2) is 11.1 Å². The minimum absolute atomic E-state index is 0.0610. The van der Waals surface area contributed by atoms with Crippen molar-refractivity contribution in [2.24, 2.45) is 28.6 Å². The summed E-state index contributed by atoms with van der Waals surface area (Å²) >= 11 is 0. The van der Waals surface area contributed by atoms with Crippen LogP contribution in [0.5, 0.6) is 0 Å². The molecular weight excluding hydrogens is 248 g/mol. The molecule has 4 bridgehead atoms. The Labute approximate surface area is 122 Å². The van der Waals surface area contributed by atoms with E-state index in [2.05, 4.69) is 19.9 Å². The second kappa shape index (κ2) is 4.61. The highest BCUT2D eigenvalue weighted by Crippen LogP contribution is 2.67. The lowest BCUT2D eigenvalue weighted by molar-refractivity contribution is -0.133. The summed E-state index contributed by atoms with van der Waals surface area (Å²) in [7, 11) is 0. The predicted molar refractivity (Wildman–Crippen MR) is 80.4 cm³/mol. The van der Waals surface area contributed by atoms with Gasteiger partial charge in [-0.05, 0) is 80.5 Å². The number of aliphatic carboxylic acids is 1. The van der Waals surface area contributed by atoms with E-state index < -0.39 is 5.97 Å². The average molecular weight is 276 g/mol. The predicted octanol–water partition coefficient (Wildman–Crippen LogP) is 4.65. The molecule has 0 saturated heterocycles. The van der Waals surface area contributed by atoms with Crippen LogP contribution in [0.15, 0.2) is 11.6 Å². The summed E-state index contributed by atoms with van der Waals surface area (Å²) in [6.07, 6.45) is 11.5. The summed E-state index contributed by atoms with van der Waals surface area (Å²) < 4.78 is 0. The Morgan fingerprint density at radius 2 is 1.65 bits per heavy atom. The van der Waals surface area contributed by atoms with Crippen LogP contribution < -0.4 is 0 Å². The van der Waals surface area contributed by atoms with Gasteiger partial charge in [-0.15, -0.1) is 0 Å². The van der Waals surface area contributed by atoms with Crippen LogP contribution in [0, 0.1) is 28.6 Å². The van der Waals surface area contributed by atoms with Crippen LogP contribution in [-0.2, 0) is 4.79 Å². The first-order valence-corrected chi connectivity index (χ1v) is 8.30. The normalized spacial score (nSPS) is 42.5. The molecule has 112 valence electrons. The molecule has 0 aromatic carbocycles. The lowest BCUT2D eigenvalue weighted by atomic mass is 9.42. The minimum Gasteiger partial charge on any atom is -0.478 e. The molecule has 2 nitrogen and oxygen atoms in total. The van der Waals surface area contributed by atoms with E-state index in [1.54, 1.807) is 6.92 Å². The van der Waals surface area contributed by atoms with Crippen molar-refractivity contribution in [1.82, 2.24) is 0 Å². The van der Waals surface area contributed by atoms with Gasteiger partial charge >= 0.3 is 5.97 Å². The molecule has 0 aliphatic heterocycles. The van der Waals surface area contributed by atoms with Gasteiger partial charge in [-0.25, -0.2) is 4.79 Å². The molecule has 4 fully saturated rings. The first kappa shape index (κ1) is 14.2. The Morgan fingerprint density at radius 3 is 2.00 bits per heavy atom. The van der Waals surface area contributed by atoms with Crippen molar-refractivity contribution in [2.75, 3.05) is 0 Å². The number of carboxylic acid groups (broad SMARTS) is 1. The summed E-state index contributed by atoms with van der Waals surface area (Å²) in [6, 6.07) is 0. The van der Waals surface area contributed by atoms with Gasteiger partial charge in [-0.3, -0.25) is 0 Å². The highest BCUT2D eigenvalue weighted by molar-refractivity contribution is 5.85. The third-order valence-electron chi connectivity index (χ3n) is 6.86. The summed E-state index contributed by atoms with van der Waals surface area (Å²) in [5.74, 6) is 2.01. The monoisotopic (exact) mass is 276 g/mol. The number of allylic oxidation sites excluding steroid dienone is 1. The van der Waals surface area contributed by atoms with Gasteiger partial charge in [0, 0.05) is 5.57 Å². The molecule has 2 heteroatoms. The van der Waals surface area contributed by atoms with Crippen molar-refractivity contribution in [3.8, 4) is 0 Å². The van der Waals surface area contributed by atoms with Gasteiger partial charge in [-0.2, -0.15) is 0 Å². The molecule has 0 spiro atoms. The van der Waals surface area contributed by atoms with Gasteiger partial charge in [0.05, 0.1) is 0 Å². The molecule has 0 aromatic rings. The zero-order chi connectivity index (χ0) is 14.5. The Hall–Kier alpha value is -0.790. The fourth-order valence-corrected chi connectivity index (χ4v) is 5.98. The standard InChI is InChI=1S/C18H28O2/c1-4-17(3,8-12(2)16(19)20)18-9-13-5-14(10-18)7-15(6-13)11-18/h8,13-15H,4-7,9-11H2,1-3H3,(H,19,20). The molecule has 4 aliphatic carbocycles. The van der Waals surface area contributed by atoms with Crippen LogP contribution in [0.4, 0.5) is 0 Å². The average Bonchev–Trinajstić information content (AvgIpc) is 2.36. The van der Waals surface area contributed by atoms with Gasteiger partial charge in [-0.1, -0.05) is 19.9 Å². The van der Waals surface area contributed by atoms with E-state index in [0.29, 0.717) is 11.0 Å². The van der Waals surface area contributed by atoms with Crippen LogP contribution in [0.3, 0.4) is 0 Å². The molecule has 0 aromatic heterocycles. The molecule has 1 atom stereocenters. The molecule has 0 radical (unpaired) electrons. The van der Waals surface area contributed by atoms with Crippen molar-refractivity contribution < 1.29 is 9.90 Å². The van der Waals surface area contributed by atoms with Crippen molar-refractivity contribution in [3.63, 3.8) is 0 Å². The summed E-state index contributed by atoms with van der Waals surface area (Å²) in [4.78, 5) is 11.3. The zero-order valence-corrected chi connectivity index (χ0v) is 13.1. The minimum atomic E-state index is -0.755. The summed E-state index contributed by atoms with van der Waals surface area (Å²) in [5, 5.41) is 9.25. The van der Waals surface area contributed by atoms with E-state index in [4.69, 9.17) is 0 Å². The zero-order valence-electron chi connectivity index (χ0n) is 13.1. The Balaban J connectivity index is 1.96. The van der Waals surface area contributed by atoms with Crippen molar-refractivity contribution in [1.29, 1.82) is 0 Å². The van der Waals surface area contributed by atoms with Gasteiger partial charge < -0.3 is 5.11 Å². The van der Waals surface area contributed by atoms with Crippen LogP contribution in [0.2, 0.25) is 0 Å². The van der Waals surface area contributed by atoms with E-state index in [-0.39, 0.29) is 5.41 Å². The fourth-order valence-electron chi connectivity index (χ4n) is 5.98. The maximum atomic E-state index is 11.3. The Bertz CT molecular complexity index is 413. The number of hydrogen-bond acceptors (Lipinski definition) is 1. The number of carboxylic acids is 1. The maximum absolute atomic E-state index is 11.3. The summed E-state index contributed by atoms with van der Waals surface area (Å²) in [6.45, 7) is 6.33. The van der Waals surface area contributed by atoms with Crippen LogP contribution in [0.1, 0.15) is 65.7 Å². The van der Waals surface area contributed by atoms with Crippen LogP contribution >= 0.6 is 0 Å². The highest BCUT2D eigenvalue weighted by atomic mass is 16.4.